The predicted octanol–water partition coefficient (Wildman–Crippen LogP) is 4.25. The SMILES string of the molecule is CCC1CCC(Oc2ccc(C(C)=O)cc2OC)CC1. The summed E-state index contributed by atoms with van der Waals surface area (Å²) in [5.41, 5.74) is 0.656. The van der Waals surface area contributed by atoms with Gasteiger partial charge in [-0.15, -0.1) is 0 Å². The molecule has 0 radical (unpaired) electrons. The number of ketones is 1. The first-order valence-electron chi connectivity index (χ1n) is 7.49. The van der Waals surface area contributed by atoms with Gasteiger partial charge in [-0.3, -0.25) is 4.79 Å². The molecule has 0 aliphatic heterocycles. The molecule has 0 saturated heterocycles. The molecular weight excluding hydrogens is 252 g/mol. The van der Waals surface area contributed by atoms with E-state index in [0.29, 0.717) is 11.3 Å². The highest BCUT2D eigenvalue weighted by Crippen LogP contribution is 2.34. The van der Waals surface area contributed by atoms with Gasteiger partial charge in [-0.05, 0) is 56.7 Å². The Kier molecular flexibility index (Phi) is 5.05. The third-order valence-electron chi connectivity index (χ3n) is 4.23. The fourth-order valence-corrected chi connectivity index (χ4v) is 2.82. The summed E-state index contributed by atoms with van der Waals surface area (Å²) < 4.78 is 11.4. The molecule has 1 fully saturated rings. The van der Waals surface area contributed by atoms with Gasteiger partial charge in [-0.25, -0.2) is 0 Å². The first kappa shape index (κ1) is 14.9. The van der Waals surface area contributed by atoms with Gasteiger partial charge in [0.15, 0.2) is 17.3 Å². The molecule has 1 saturated carbocycles. The maximum atomic E-state index is 11.4. The van der Waals surface area contributed by atoms with Crippen molar-refractivity contribution in [2.75, 3.05) is 7.11 Å². The number of hydrogen-bond donors (Lipinski definition) is 0. The Hall–Kier alpha value is -1.51. The normalized spacial score (nSPS) is 22.4. The Bertz CT molecular complexity index is 459. The van der Waals surface area contributed by atoms with Crippen molar-refractivity contribution in [2.24, 2.45) is 5.92 Å². The van der Waals surface area contributed by atoms with E-state index >= 15 is 0 Å². The molecule has 0 N–H and O–H groups in total. The molecule has 110 valence electrons. The highest BCUT2D eigenvalue weighted by atomic mass is 16.5. The highest BCUT2D eigenvalue weighted by Gasteiger charge is 2.22. The number of ether oxygens (including phenoxy) is 2. The van der Waals surface area contributed by atoms with E-state index < -0.39 is 0 Å². The Morgan fingerprint density at radius 2 is 1.90 bits per heavy atom. The van der Waals surface area contributed by atoms with E-state index in [0.717, 1.165) is 24.5 Å². The second kappa shape index (κ2) is 6.78. The van der Waals surface area contributed by atoms with Gasteiger partial charge in [-0.1, -0.05) is 13.3 Å². The lowest BCUT2D eigenvalue weighted by atomic mass is 9.86. The van der Waals surface area contributed by atoms with Gasteiger partial charge in [0.05, 0.1) is 13.2 Å². The second-order valence-corrected chi connectivity index (χ2v) is 5.59. The molecule has 0 bridgehead atoms. The summed E-state index contributed by atoms with van der Waals surface area (Å²) in [6.07, 6.45) is 6.24. The van der Waals surface area contributed by atoms with Gasteiger partial charge in [-0.2, -0.15) is 0 Å². The molecular formula is C17H24O3. The smallest absolute Gasteiger partial charge is 0.161 e. The molecule has 1 aliphatic rings. The number of benzene rings is 1. The molecule has 2 rings (SSSR count). The number of Topliss-reactive ketones (excluding diaryl/α,β-unsaturated/α-hetero) is 1. The third-order valence-corrected chi connectivity index (χ3v) is 4.23. The van der Waals surface area contributed by atoms with Crippen molar-refractivity contribution in [1.29, 1.82) is 0 Å². The zero-order chi connectivity index (χ0) is 14.5. The molecule has 0 aromatic heterocycles. The van der Waals surface area contributed by atoms with E-state index in [9.17, 15) is 4.79 Å². The summed E-state index contributed by atoms with van der Waals surface area (Å²) in [5.74, 6) is 2.29. The summed E-state index contributed by atoms with van der Waals surface area (Å²) >= 11 is 0. The van der Waals surface area contributed by atoms with Gasteiger partial charge in [0.25, 0.3) is 0 Å². The standard InChI is InChI=1S/C17H24O3/c1-4-13-5-8-15(9-6-13)20-16-10-7-14(12(2)18)11-17(16)19-3/h7,10-11,13,15H,4-6,8-9H2,1-3H3. The maximum absolute atomic E-state index is 11.4. The average Bonchev–Trinajstić information content (AvgIpc) is 2.48. The topological polar surface area (TPSA) is 35.5 Å². The Morgan fingerprint density at radius 3 is 2.45 bits per heavy atom. The predicted molar refractivity (Wildman–Crippen MR) is 79.7 cm³/mol. The largest absolute Gasteiger partial charge is 0.493 e. The van der Waals surface area contributed by atoms with Crippen LogP contribution >= 0.6 is 0 Å². The van der Waals surface area contributed by atoms with Crippen LogP contribution in [0.25, 0.3) is 0 Å². The molecule has 1 aromatic rings. The minimum Gasteiger partial charge on any atom is -0.493 e. The van der Waals surface area contributed by atoms with Gasteiger partial charge in [0.2, 0.25) is 0 Å². The number of hydrogen-bond acceptors (Lipinski definition) is 3. The van der Waals surface area contributed by atoms with Crippen LogP contribution in [0.2, 0.25) is 0 Å². The summed E-state index contributed by atoms with van der Waals surface area (Å²) in [6.45, 7) is 3.82. The van der Waals surface area contributed by atoms with Crippen molar-refractivity contribution in [3.63, 3.8) is 0 Å². The Morgan fingerprint density at radius 1 is 1.20 bits per heavy atom. The molecule has 3 nitrogen and oxygen atoms in total. The third kappa shape index (κ3) is 3.53. The second-order valence-electron chi connectivity index (χ2n) is 5.59. The molecule has 0 amide bonds. The molecule has 0 unspecified atom stereocenters. The first-order valence-corrected chi connectivity index (χ1v) is 7.49. The maximum Gasteiger partial charge on any atom is 0.161 e. The van der Waals surface area contributed by atoms with Gasteiger partial charge in [0, 0.05) is 5.56 Å². The van der Waals surface area contributed by atoms with Crippen LogP contribution in [-0.2, 0) is 0 Å². The number of carbonyl (C=O) groups is 1. The van der Waals surface area contributed by atoms with Crippen molar-refractivity contribution >= 4 is 5.78 Å². The number of rotatable bonds is 5. The van der Waals surface area contributed by atoms with E-state index in [1.807, 2.05) is 6.07 Å². The molecule has 0 atom stereocenters. The van der Waals surface area contributed by atoms with E-state index in [1.54, 1.807) is 26.2 Å². The summed E-state index contributed by atoms with van der Waals surface area (Å²) in [5, 5.41) is 0. The molecule has 0 spiro atoms. The Balaban J connectivity index is 2.04. The Labute approximate surface area is 121 Å². The lowest BCUT2D eigenvalue weighted by Crippen LogP contribution is -2.24. The van der Waals surface area contributed by atoms with Crippen LogP contribution in [0.4, 0.5) is 0 Å². The quantitative estimate of drug-likeness (QED) is 0.754. The summed E-state index contributed by atoms with van der Waals surface area (Å²) in [4.78, 5) is 11.4. The molecule has 0 heterocycles. The molecule has 1 aliphatic carbocycles. The zero-order valence-electron chi connectivity index (χ0n) is 12.6. The van der Waals surface area contributed by atoms with E-state index in [-0.39, 0.29) is 11.9 Å². The van der Waals surface area contributed by atoms with Crippen molar-refractivity contribution in [1.82, 2.24) is 0 Å². The van der Waals surface area contributed by atoms with Crippen molar-refractivity contribution < 1.29 is 14.3 Å². The minimum atomic E-state index is 0.0401. The fourth-order valence-electron chi connectivity index (χ4n) is 2.82. The van der Waals surface area contributed by atoms with Crippen LogP contribution in [0, 0.1) is 5.92 Å². The molecule has 3 heteroatoms. The first-order chi connectivity index (χ1) is 9.63. The fraction of sp³-hybridized carbons (Fsp3) is 0.588. The lowest BCUT2D eigenvalue weighted by Gasteiger charge is -2.28. The summed E-state index contributed by atoms with van der Waals surface area (Å²) in [7, 11) is 1.61. The van der Waals surface area contributed by atoms with E-state index in [2.05, 4.69) is 6.92 Å². The van der Waals surface area contributed by atoms with Crippen molar-refractivity contribution in [3.05, 3.63) is 23.8 Å². The van der Waals surface area contributed by atoms with E-state index in [4.69, 9.17) is 9.47 Å². The average molecular weight is 276 g/mol. The van der Waals surface area contributed by atoms with Crippen molar-refractivity contribution in [3.8, 4) is 11.5 Å². The monoisotopic (exact) mass is 276 g/mol. The van der Waals surface area contributed by atoms with Crippen LogP contribution in [0.1, 0.15) is 56.3 Å². The highest BCUT2D eigenvalue weighted by molar-refractivity contribution is 5.94. The van der Waals surface area contributed by atoms with Gasteiger partial charge >= 0.3 is 0 Å². The van der Waals surface area contributed by atoms with Crippen LogP contribution in [0.15, 0.2) is 18.2 Å². The summed E-state index contributed by atoms with van der Waals surface area (Å²) in [6, 6.07) is 5.41. The van der Waals surface area contributed by atoms with Crippen LogP contribution in [0.3, 0.4) is 0 Å². The van der Waals surface area contributed by atoms with Gasteiger partial charge < -0.3 is 9.47 Å². The zero-order valence-corrected chi connectivity index (χ0v) is 12.6. The number of carbonyl (C=O) groups excluding carboxylic acids is 1. The minimum absolute atomic E-state index is 0.0401. The number of methoxy groups -OCH3 is 1. The molecule has 20 heavy (non-hydrogen) atoms. The van der Waals surface area contributed by atoms with Gasteiger partial charge in [0.1, 0.15) is 0 Å². The van der Waals surface area contributed by atoms with Crippen LogP contribution in [0.5, 0.6) is 11.5 Å². The van der Waals surface area contributed by atoms with Crippen LogP contribution < -0.4 is 9.47 Å². The van der Waals surface area contributed by atoms with E-state index in [1.165, 1.54) is 19.3 Å². The molecule has 1 aromatic carbocycles. The lowest BCUT2D eigenvalue weighted by molar-refractivity contribution is 0.101. The van der Waals surface area contributed by atoms with Crippen molar-refractivity contribution in [2.45, 2.75) is 52.1 Å². The van der Waals surface area contributed by atoms with Crippen LogP contribution in [-0.4, -0.2) is 19.0 Å².